The van der Waals surface area contributed by atoms with Crippen LogP contribution >= 0.6 is 0 Å². The van der Waals surface area contributed by atoms with E-state index in [1.807, 2.05) is 48.5 Å². The summed E-state index contributed by atoms with van der Waals surface area (Å²) in [5, 5.41) is 5.07. The van der Waals surface area contributed by atoms with Crippen molar-refractivity contribution < 1.29 is 13.2 Å². The third kappa shape index (κ3) is 4.43. The normalized spacial score (nSPS) is 15.7. The Morgan fingerprint density at radius 3 is 2.16 bits per heavy atom. The Balaban J connectivity index is 1.45. The Labute approximate surface area is 190 Å². The predicted molar refractivity (Wildman–Crippen MR) is 129 cm³/mol. The minimum Gasteiger partial charge on any atom is -0.325 e. The molecule has 0 spiro atoms. The van der Waals surface area contributed by atoms with Gasteiger partial charge in [-0.2, -0.15) is 4.31 Å². The van der Waals surface area contributed by atoms with Gasteiger partial charge in [0.15, 0.2) is 0 Å². The van der Waals surface area contributed by atoms with Crippen LogP contribution < -0.4 is 5.32 Å². The molecule has 4 rings (SSSR count). The number of carbonyl (C=O) groups excluding carboxylic acids is 1. The van der Waals surface area contributed by atoms with Gasteiger partial charge in [0.05, 0.1) is 4.90 Å². The molecule has 6 heteroatoms. The van der Waals surface area contributed by atoms with Gasteiger partial charge in [0.1, 0.15) is 0 Å². The maximum atomic E-state index is 13.2. The molecule has 0 radical (unpaired) electrons. The number of sulfonamides is 1. The maximum absolute atomic E-state index is 13.2. The van der Waals surface area contributed by atoms with Crippen LogP contribution in [0.3, 0.4) is 0 Å². The SMILES string of the molecule is CCc1cccc(CC)c1NC(=O)C1CCN(S(=O)(=O)c2ccc3ccccc3c2)CC1. The molecule has 32 heavy (non-hydrogen) atoms. The van der Waals surface area contributed by atoms with Gasteiger partial charge in [0, 0.05) is 24.7 Å². The number of amides is 1. The standard InChI is InChI=1S/C26H30N2O3S/c1-3-19-10-7-11-20(4-2)25(19)27-26(29)22-14-16-28(17-15-22)32(30,31)24-13-12-21-8-5-6-9-23(21)18-24/h5-13,18,22H,3-4,14-17H2,1-2H3,(H,27,29). The number of nitrogens with one attached hydrogen (secondary N) is 1. The molecule has 1 fully saturated rings. The van der Waals surface area contributed by atoms with Crippen LogP contribution in [-0.2, 0) is 27.7 Å². The van der Waals surface area contributed by atoms with Gasteiger partial charge in [-0.1, -0.05) is 62.4 Å². The van der Waals surface area contributed by atoms with Crippen molar-refractivity contribution in [2.24, 2.45) is 5.92 Å². The van der Waals surface area contributed by atoms with E-state index < -0.39 is 10.0 Å². The topological polar surface area (TPSA) is 66.5 Å². The van der Waals surface area contributed by atoms with E-state index in [0.717, 1.165) is 40.4 Å². The number of rotatable bonds is 6. The summed E-state index contributed by atoms with van der Waals surface area (Å²) in [7, 11) is -3.58. The monoisotopic (exact) mass is 450 g/mol. The lowest BCUT2D eigenvalue weighted by molar-refractivity contribution is -0.120. The van der Waals surface area contributed by atoms with Gasteiger partial charge >= 0.3 is 0 Å². The fraction of sp³-hybridized carbons (Fsp3) is 0.346. The van der Waals surface area contributed by atoms with E-state index in [0.29, 0.717) is 30.8 Å². The summed E-state index contributed by atoms with van der Waals surface area (Å²) >= 11 is 0. The molecule has 1 aliphatic heterocycles. The third-order valence-electron chi connectivity index (χ3n) is 6.43. The number of hydrogen-bond acceptors (Lipinski definition) is 3. The molecule has 0 unspecified atom stereocenters. The first-order chi connectivity index (χ1) is 15.4. The number of hydrogen-bond donors (Lipinski definition) is 1. The smallest absolute Gasteiger partial charge is 0.243 e. The van der Waals surface area contributed by atoms with Gasteiger partial charge in [-0.25, -0.2) is 8.42 Å². The molecule has 168 valence electrons. The number of piperidine rings is 1. The van der Waals surface area contributed by atoms with Crippen LogP contribution in [0.4, 0.5) is 5.69 Å². The molecule has 0 bridgehead atoms. The van der Waals surface area contributed by atoms with E-state index in [9.17, 15) is 13.2 Å². The van der Waals surface area contributed by atoms with Gasteiger partial charge < -0.3 is 5.32 Å². The number of carbonyl (C=O) groups is 1. The lowest BCUT2D eigenvalue weighted by Gasteiger charge is -2.31. The fourth-order valence-corrected chi connectivity index (χ4v) is 5.97. The predicted octanol–water partition coefficient (Wildman–Crippen LogP) is 5.00. The minimum absolute atomic E-state index is 0.0108. The van der Waals surface area contributed by atoms with E-state index in [1.165, 1.54) is 4.31 Å². The van der Waals surface area contributed by atoms with E-state index in [-0.39, 0.29) is 11.8 Å². The number of benzene rings is 3. The van der Waals surface area contributed by atoms with Gasteiger partial charge in [-0.3, -0.25) is 4.79 Å². The van der Waals surface area contributed by atoms with Gasteiger partial charge in [-0.05, 0) is 59.7 Å². The molecule has 3 aromatic carbocycles. The number of anilines is 1. The average molecular weight is 451 g/mol. The highest BCUT2D eigenvalue weighted by Crippen LogP contribution is 2.28. The Morgan fingerprint density at radius 2 is 1.53 bits per heavy atom. The molecule has 5 nitrogen and oxygen atoms in total. The molecule has 1 saturated heterocycles. The molecule has 0 aromatic heterocycles. The highest BCUT2D eigenvalue weighted by Gasteiger charge is 2.32. The van der Waals surface area contributed by atoms with E-state index >= 15 is 0 Å². The van der Waals surface area contributed by atoms with Crippen LogP contribution in [0.1, 0.15) is 37.8 Å². The second-order valence-corrected chi connectivity index (χ2v) is 10.3. The van der Waals surface area contributed by atoms with Crippen LogP contribution in [0.25, 0.3) is 10.8 Å². The van der Waals surface area contributed by atoms with Crippen LogP contribution in [-0.4, -0.2) is 31.7 Å². The Bertz CT molecular complexity index is 1210. The van der Waals surface area contributed by atoms with Crippen molar-refractivity contribution in [3.05, 3.63) is 71.8 Å². The Kier molecular flexibility index (Phi) is 6.63. The molecule has 1 heterocycles. The summed E-state index contributed by atoms with van der Waals surface area (Å²) in [6.45, 7) is 4.87. The number of aryl methyl sites for hydroxylation is 2. The highest BCUT2D eigenvalue weighted by atomic mass is 32.2. The fourth-order valence-electron chi connectivity index (χ4n) is 4.46. The molecule has 0 aliphatic carbocycles. The summed E-state index contributed by atoms with van der Waals surface area (Å²) in [5.74, 6) is -0.198. The third-order valence-corrected chi connectivity index (χ3v) is 8.33. The van der Waals surface area contributed by atoms with Crippen LogP contribution in [0, 0.1) is 5.92 Å². The summed E-state index contributed by atoms with van der Waals surface area (Å²) in [5.41, 5.74) is 3.19. The number of para-hydroxylation sites is 1. The van der Waals surface area contributed by atoms with Crippen molar-refractivity contribution in [3.8, 4) is 0 Å². The molecule has 3 aromatic rings. The van der Waals surface area contributed by atoms with E-state index in [4.69, 9.17) is 0 Å². The quantitative estimate of drug-likeness (QED) is 0.574. The van der Waals surface area contributed by atoms with Crippen LogP contribution in [0.5, 0.6) is 0 Å². The summed E-state index contributed by atoms with van der Waals surface area (Å²) in [6, 6.07) is 19.1. The number of nitrogens with zero attached hydrogens (tertiary/aromatic N) is 1. The first-order valence-electron chi connectivity index (χ1n) is 11.3. The summed E-state index contributed by atoms with van der Waals surface area (Å²) in [6.07, 6.45) is 2.75. The molecule has 1 amide bonds. The molecule has 1 aliphatic rings. The van der Waals surface area contributed by atoms with Crippen molar-refractivity contribution in [1.82, 2.24) is 4.31 Å². The molecule has 0 saturated carbocycles. The second kappa shape index (κ2) is 9.43. The molecule has 0 atom stereocenters. The first-order valence-corrected chi connectivity index (χ1v) is 12.8. The average Bonchev–Trinajstić information content (AvgIpc) is 2.83. The lowest BCUT2D eigenvalue weighted by atomic mass is 9.96. The largest absolute Gasteiger partial charge is 0.325 e. The van der Waals surface area contributed by atoms with Crippen molar-refractivity contribution in [2.45, 2.75) is 44.4 Å². The van der Waals surface area contributed by atoms with Crippen LogP contribution in [0.15, 0.2) is 65.6 Å². The zero-order valence-electron chi connectivity index (χ0n) is 18.7. The molecular formula is C26H30N2O3S. The maximum Gasteiger partial charge on any atom is 0.243 e. The Hall–Kier alpha value is -2.70. The lowest BCUT2D eigenvalue weighted by Crippen LogP contribution is -2.41. The van der Waals surface area contributed by atoms with Crippen molar-refractivity contribution >= 4 is 32.4 Å². The van der Waals surface area contributed by atoms with E-state index in [2.05, 4.69) is 19.2 Å². The number of fused-ring (bicyclic) bond motifs is 1. The van der Waals surface area contributed by atoms with Crippen LogP contribution in [0.2, 0.25) is 0 Å². The van der Waals surface area contributed by atoms with Gasteiger partial charge in [0.25, 0.3) is 0 Å². The summed E-state index contributed by atoms with van der Waals surface area (Å²) in [4.78, 5) is 13.3. The van der Waals surface area contributed by atoms with Crippen molar-refractivity contribution in [3.63, 3.8) is 0 Å². The van der Waals surface area contributed by atoms with E-state index in [1.54, 1.807) is 12.1 Å². The summed E-state index contributed by atoms with van der Waals surface area (Å²) < 4.78 is 27.9. The minimum atomic E-state index is -3.58. The molecule has 1 N–H and O–H groups in total. The Morgan fingerprint density at radius 1 is 0.906 bits per heavy atom. The van der Waals surface area contributed by atoms with Gasteiger partial charge in [-0.15, -0.1) is 0 Å². The van der Waals surface area contributed by atoms with Crippen molar-refractivity contribution in [2.75, 3.05) is 18.4 Å². The van der Waals surface area contributed by atoms with Gasteiger partial charge in [0.2, 0.25) is 15.9 Å². The first kappa shape index (κ1) is 22.5. The van der Waals surface area contributed by atoms with Crippen molar-refractivity contribution in [1.29, 1.82) is 0 Å². The second-order valence-electron chi connectivity index (χ2n) is 8.33. The molecular weight excluding hydrogens is 420 g/mol. The highest BCUT2D eigenvalue weighted by molar-refractivity contribution is 7.89. The zero-order chi connectivity index (χ0) is 22.7. The zero-order valence-corrected chi connectivity index (χ0v) is 19.5.